The van der Waals surface area contributed by atoms with Crippen LogP contribution in [0.5, 0.6) is 0 Å². The van der Waals surface area contributed by atoms with Gasteiger partial charge in [-0.2, -0.15) is 0 Å². The number of methoxy groups -OCH3 is 1. The minimum atomic E-state index is -0.750. The Kier molecular flexibility index (Phi) is 7.11. The molecular weight excluding hydrogens is 413 g/mol. The Morgan fingerprint density at radius 2 is 1.34 bits per heavy atom. The first kappa shape index (κ1) is 23.6. The molecule has 0 unspecified atom stereocenters. The molecule has 1 heterocycles. The Labute approximate surface area is 188 Å². The molecule has 0 atom stereocenters. The number of nitrogens with one attached hydrogen (secondary N) is 1. The Bertz CT molecular complexity index is 926. The molecule has 2 aromatic carbocycles. The van der Waals surface area contributed by atoms with Crippen molar-refractivity contribution in [3.63, 3.8) is 0 Å². The normalized spacial score (nSPS) is 16.3. The molecule has 170 valence electrons. The van der Waals surface area contributed by atoms with Crippen molar-refractivity contribution in [3.05, 3.63) is 59.7 Å². The van der Waals surface area contributed by atoms with Crippen LogP contribution >= 0.6 is 0 Å². The molecule has 0 saturated carbocycles. The van der Waals surface area contributed by atoms with E-state index in [0.717, 1.165) is 16.6 Å². The van der Waals surface area contributed by atoms with Crippen molar-refractivity contribution in [2.24, 2.45) is 0 Å². The summed E-state index contributed by atoms with van der Waals surface area (Å²) in [5.74, 6) is 0. The lowest BCUT2D eigenvalue weighted by Gasteiger charge is -2.32. The topological polar surface area (TPSA) is 92.3 Å². The van der Waals surface area contributed by atoms with Crippen molar-refractivity contribution < 1.29 is 33.1 Å². The van der Waals surface area contributed by atoms with Crippen molar-refractivity contribution in [3.8, 4) is 0 Å². The highest BCUT2D eigenvalue weighted by atomic mass is 16.7. The van der Waals surface area contributed by atoms with Crippen LogP contribution in [-0.2, 0) is 36.7 Å². The van der Waals surface area contributed by atoms with Gasteiger partial charge in [0.1, 0.15) is 13.2 Å². The fourth-order valence-electron chi connectivity index (χ4n) is 2.94. The van der Waals surface area contributed by atoms with Crippen LogP contribution in [0.2, 0.25) is 0 Å². The fraction of sp³-hybridized carbons (Fsp3) is 0.391. The van der Waals surface area contributed by atoms with Gasteiger partial charge >= 0.3 is 19.4 Å². The lowest BCUT2D eigenvalue weighted by atomic mass is 9.79. The highest BCUT2D eigenvalue weighted by Gasteiger charge is 2.51. The van der Waals surface area contributed by atoms with Gasteiger partial charge in [0.05, 0.1) is 18.3 Å². The van der Waals surface area contributed by atoms with Gasteiger partial charge in [-0.3, -0.25) is 5.32 Å². The third kappa shape index (κ3) is 5.80. The molecule has 1 fully saturated rings. The smallest absolute Gasteiger partial charge is 0.444 e. The van der Waals surface area contributed by atoms with Crippen LogP contribution < -0.4 is 10.8 Å². The van der Waals surface area contributed by atoms with E-state index in [2.05, 4.69) is 10.1 Å². The monoisotopic (exact) mass is 441 g/mol. The number of hydrogen-bond acceptors (Lipinski definition) is 7. The molecule has 8 nitrogen and oxygen atoms in total. The summed E-state index contributed by atoms with van der Waals surface area (Å²) in [7, 11) is 0.814. The summed E-state index contributed by atoms with van der Waals surface area (Å²) in [4.78, 5) is 23.1. The first-order valence-corrected chi connectivity index (χ1v) is 10.3. The second-order valence-corrected chi connectivity index (χ2v) is 8.47. The number of amides is 1. The van der Waals surface area contributed by atoms with Crippen LogP contribution in [0.15, 0.2) is 48.5 Å². The van der Waals surface area contributed by atoms with E-state index in [0.29, 0.717) is 5.69 Å². The molecule has 0 radical (unpaired) electrons. The third-order valence-corrected chi connectivity index (χ3v) is 5.60. The molecule has 1 amide bonds. The maximum absolute atomic E-state index is 12.1. The highest BCUT2D eigenvalue weighted by Crippen LogP contribution is 2.36. The molecule has 0 bridgehead atoms. The van der Waals surface area contributed by atoms with Crippen molar-refractivity contribution in [1.29, 1.82) is 0 Å². The van der Waals surface area contributed by atoms with Crippen LogP contribution in [-0.4, -0.2) is 37.7 Å². The maximum Gasteiger partial charge on any atom is 0.508 e. The van der Waals surface area contributed by atoms with E-state index in [1.54, 1.807) is 24.3 Å². The third-order valence-electron chi connectivity index (χ3n) is 5.60. The quantitative estimate of drug-likeness (QED) is 0.535. The summed E-state index contributed by atoms with van der Waals surface area (Å²) in [6, 6.07) is 14.4. The lowest BCUT2D eigenvalue weighted by molar-refractivity contribution is 0.00578. The molecule has 1 saturated heterocycles. The summed E-state index contributed by atoms with van der Waals surface area (Å²) < 4.78 is 26.7. The van der Waals surface area contributed by atoms with Crippen molar-refractivity contribution in [2.75, 3.05) is 12.4 Å². The largest absolute Gasteiger partial charge is 0.508 e. The van der Waals surface area contributed by atoms with E-state index in [4.69, 9.17) is 18.8 Å². The predicted octanol–water partition coefficient (Wildman–Crippen LogP) is 4.02. The van der Waals surface area contributed by atoms with Crippen molar-refractivity contribution >= 4 is 30.5 Å². The van der Waals surface area contributed by atoms with Gasteiger partial charge in [-0.05, 0) is 56.4 Å². The Balaban J connectivity index is 1.46. The molecule has 0 aromatic heterocycles. The number of carbonyl (C=O) groups excluding carboxylic acids is 2. The van der Waals surface area contributed by atoms with E-state index in [-0.39, 0.29) is 13.2 Å². The second kappa shape index (κ2) is 9.62. The van der Waals surface area contributed by atoms with E-state index in [1.165, 1.54) is 7.11 Å². The standard InChI is InChI=1S/C23H28BNO7/c1-22(2)23(3,4)32-24(31-22)18-10-6-16(7-11-18)14-29-20(26)25-19-12-8-17(9-13-19)15-30-21(27)28-5/h6-13H,14-15H2,1-5H3,(H,25,26). The van der Waals surface area contributed by atoms with Gasteiger partial charge in [0.15, 0.2) is 0 Å². The van der Waals surface area contributed by atoms with Crippen LogP contribution in [0, 0.1) is 0 Å². The van der Waals surface area contributed by atoms with Gasteiger partial charge in [-0.15, -0.1) is 0 Å². The van der Waals surface area contributed by atoms with Crippen LogP contribution in [0.1, 0.15) is 38.8 Å². The van der Waals surface area contributed by atoms with Gasteiger partial charge < -0.3 is 23.5 Å². The Morgan fingerprint density at radius 1 is 0.844 bits per heavy atom. The summed E-state index contributed by atoms with van der Waals surface area (Å²) in [5, 5.41) is 2.66. The van der Waals surface area contributed by atoms with Crippen LogP contribution in [0.25, 0.3) is 0 Å². The highest BCUT2D eigenvalue weighted by molar-refractivity contribution is 6.62. The molecule has 1 aliphatic rings. The molecular formula is C23H28BNO7. The molecule has 1 N–H and O–H groups in total. The molecule has 1 aliphatic heterocycles. The summed E-state index contributed by atoms with van der Waals surface area (Å²) in [6.07, 6.45) is -1.32. The number of carbonyl (C=O) groups is 2. The number of rotatable bonds is 6. The number of benzene rings is 2. The summed E-state index contributed by atoms with van der Waals surface area (Å²) in [6.45, 7) is 8.25. The second-order valence-electron chi connectivity index (χ2n) is 8.47. The van der Waals surface area contributed by atoms with Gasteiger partial charge in [0.2, 0.25) is 0 Å². The minimum Gasteiger partial charge on any atom is -0.444 e. The fourth-order valence-corrected chi connectivity index (χ4v) is 2.94. The Morgan fingerprint density at radius 3 is 1.88 bits per heavy atom. The molecule has 32 heavy (non-hydrogen) atoms. The Hall–Kier alpha value is -3.04. The zero-order valence-electron chi connectivity index (χ0n) is 19.0. The van der Waals surface area contributed by atoms with Gasteiger partial charge in [-0.1, -0.05) is 36.4 Å². The van der Waals surface area contributed by atoms with E-state index in [9.17, 15) is 9.59 Å². The maximum atomic E-state index is 12.1. The molecule has 2 aromatic rings. The number of ether oxygens (including phenoxy) is 3. The zero-order valence-corrected chi connectivity index (χ0v) is 19.0. The first-order chi connectivity index (χ1) is 15.1. The summed E-state index contributed by atoms with van der Waals surface area (Å²) >= 11 is 0. The predicted molar refractivity (Wildman–Crippen MR) is 120 cm³/mol. The summed E-state index contributed by atoms with van der Waals surface area (Å²) in [5.41, 5.74) is 2.28. The first-order valence-electron chi connectivity index (χ1n) is 10.3. The molecule has 3 rings (SSSR count). The SMILES string of the molecule is COC(=O)OCc1ccc(NC(=O)OCc2ccc(B3OC(C)(C)C(C)(C)O3)cc2)cc1. The van der Waals surface area contributed by atoms with E-state index >= 15 is 0 Å². The zero-order chi connectivity index (χ0) is 23.4. The lowest BCUT2D eigenvalue weighted by Crippen LogP contribution is -2.41. The van der Waals surface area contributed by atoms with Gasteiger partial charge in [0.25, 0.3) is 0 Å². The minimum absolute atomic E-state index is 0.0827. The number of hydrogen-bond donors (Lipinski definition) is 1. The average Bonchev–Trinajstić information content (AvgIpc) is 2.98. The molecule has 0 aliphatic carbocycles. The van der Waals surface area contributed by atoms with Gasteiger partial charge in [0, 0.05) is 5.69 Å². The van der Waals surface area contributed by atoms with Crippen molar-refractivity contribution in [1.82, 2.24) is 0 Å². The van der Waals surface area contributed by atoms with E-state index < -0.39 is 30.6 Å². The average molecular weight is 441 g/mol. The molecule has 9 heteroatoms. The molecule has 0 spiro atoms. The van der Waals surface area contributed by atoms with Crippen LogP contribution in [0.4, 0.5) is 15.3 Å². The van der Waals surface area contributed by atoms with Crippen LogP contribution in [0.3, 0.4) is 0 Å². The van der Waals surface area contributed by atoms with Crippen molar-refractivity contribution in [2.45, 2.75) is 52.1 Å². The van der Waals surface area contributed by atoms with E-state index in [1.807, 2.05) is 52.0 Å². The van der Waals surface area contributed by atoms with Gasteiger partial charge in [-0.25, -0.2) is 9.59 Å². The number of anilines is 1.